The van der Waals surface area contributed by atoms with Gasteiger partial charge in [0.05, 0.1) is 0 Å². The van der Waals surface area contributed by atoms with E-state index in [0.717, 1.165) is 30.6 Å². The van der Waals surface area contributed by atoms with Crippen LogP contribution < -0.4 is 10.6 Å². The van der Waals surface area contributed by atoms with E-state index >= 15 is 0 Å². The van der Waals surface area contributed by atoms with Gasteiger partial charge in [0.1, 0.15) is 5.82 Å². The van der Waals surface area contributed by atoms with Crippen molar-refractivity contribution in [2.45, 2.75) is 39.0 Å². The predicted molar refractivity (Wildman–Crippen MR) is 72.6 cm³/mol. The second-order valence-corrected chi connectivity index (χ2v) is 6.55. The van der Waals surface area contributed by atoms with E-state index in [0.29, 0.717) is 5.92 Å². The first-order valence-corrected chi connectivity index (χ1v) is 7.07. The van der Waals surface area contributed by atoms with Crippen LogP contribution in [0.15, 0.2) is 0 Å². The smallest absolute Gasteiger partial charge is 0.205 e. The molecule has 96 valence electrons. The summed E-state index contributed by atoms with van der Waals surface area (Å²) in [5.41, 5.74) is 5.75. The van der Waals surface area contributed by atoms with E-state index < -0.39 is 0 Å². The van der Waals surface area contributed by atoms with E-state index in [-0.39, 0.29) is 5.41 Å². The lowest BCUT2D eigenvalue weighted by Crippen LogP contribution is -2.36. The fourth-order valence-corrected chi connectivity index (χ4v) is 2.92. The predicted octanol–water partition coefficient (Wildman–Crippen LogP) is 2.01. The number of rotatable bonds is 2. The number of piperidine rings is 1. The Morgan fingerprint density at radius 1 is 1.35 bits per heavy atom. The van der Waals surface area contributed by atoms with Crippen molar-refractivity contribution in [2.24, 2.45) is 11.7 Å². The topological polar surface area (TPSA) is 55.0 Å². The van der Waals surface area contributed by atoms with Gasteiger partial charge in [-0.3, -0.25) is 0 Å². The van der Waals surface area contributed by atoms with E-state index in [1.54, 1.807) is 0 Å². The summed E-state index contributed by atoms with van der Waals surface area (Å²) in [5, 5.41) is 1.07. The Morgan fingerprint density at radius 2 is 2.00 bits per heavy atom. The van der Waals surface area contributed by atoms with Gasteiger partial charge in [-0.2, -0.15) is 4.37 Å². The molecule has 0 atom stereocenters. The number of anilines is 1. The number of aromatic nitrogens is 2. The number of nitrogens with two attached hydrogens (primary N) is 1. The van der Waals surface area contributed by atoms with Gasteiger partial charge in [0, 0.05) is 30.0 Å². The number of hydrogen-bond donors (Lipinski definition) is 1. The van der Waals surface area contributed by atoms with Crippen molar-refractivity contribution in [3.05, 3.63) is 5.82 Å². The highest BCUT2D eigenvalue weighted by Crippen LogP contribution is 2.28. The molecule has 4 nitrogen and oxygen atoms in total. The molecule has 2 N–H and O–H groups in total. The zero-order chi connectivity index (χ0) is 12.5. The summed E-state index contributed by atoms with van der Waals surface area (Å²) in [5.74, 6) is 1.65. The normalized spacial score (nSPS) is 18.7. The molecule has 1 aliphatic rings. The van der Waals surface area contributed by atoms with Gasteiger partial charge in [0.2, 0.25) is 5.13 Å². The maximum absolute atomic E-state index is 5.70. The quantitative estimate of drug-likeness (QED) is 0.877. The first-order chi connectivity index (χ1) is 8.00. The van der Waals surface area contributed by atoms with Gasteiger partial charge in [0.25, 0.3) is 0 Å². The van der Waals surface area contributed by atoms with E-state index in [1.165, 1.54) is 24.4 Å². The summed E-state index contributed by atoms with van der Waals surface area (Å²) < 4.78 is 4.47. The molecule has 0 amide bonds. The molecule has 1 aromatic rings. The van der Waals surface area contributed by atoms with Gasteiger partial charge >= 0.3 is 0 Å². The van der Waals surface area contributed by atoms with Crippen molar-refractivity contribution >= 4 is 16.7 Å². The Kier molecular flexibility index (Phi) is 3.68. The highest BCUT2D eigenvalue weighted by molar-refractivity contribution is 7.09. The Labute approximate surface area is 107 Å². The average Bonchev–Trinajstić information content (AvgIpc) is 2.78. The minimum absolute atomic E-state index is 0.0460. The van der Waals surface area contributed by atoms with E-state index in [9.17, 15) is 0 Å². The molecule has 5 heteroatoms. The Morgan fingerprint density at radius 3 is 2.47 bits per heavy atom. The molecule has 17 heavy (non-hydrogen) atoms. The van der Waals surface area contributed by atoms with Gasteiger partial charge in [-0.05, 0) is 25.3 Å². The summed E-state index contributed by atoms with van der Waals surface area (Å²) in [6.07, 6.45) is 2.36. The minimum atomic E-state index is 0.0460. The third kappa shape index (κ3) is 2.96. The fourth-order valence-electron chi connectivity index (χ4n) is 2.01. The lowest BCUT2D eigenvalue weighted by Gasteiger charge is -2.30. The second-order valence-electron chi connectivity index (χ2n) is 5.82. The molecule has 0 aromatic carbocycles. The molecule has 0 bridgehead atoms. The van der Waals surface area contributed by atoms with Gasteiger partial charge in [-0.25, -0.2) is 4.98 Å². The molecular weight excluding hydrogens is 232 g/mol. The Bertz CT molecular complexity index is 361. The summed E-state index contributed by atoms with van der Waals surface area (Å²) in [7, 11) is 0. The fraction of sp³-hybridized carbons (Fsp3) is 0.833. The first kappa shape index (κ1) is 12.8. The maximum atomic E-state index is 5.70. The molecule has 0 spiro atoms. The summed E-state index contributed by atoms with van der Waals surface area (Å²) in [6, 6.07) is 0. The van der Waals surface area contributed by atoms with Crippen molar-refractivity contribution in [1.29, 1.82) is 0 Å². The highest BCUT2D eigenvalue weighted by atomic mass is 32.1. The highest BCUT2D eigenvalue weighted by Gasteiger charge is 2.24. The standard InChI is InChI=1S/C12H22N4S/c1-12(2,3)10-14-11(17-15-10)16-6-4-9(8-13)5-7-16/h9H,4-8,13H2,1-3H3. The SMILES string of the molecule is CC(C)(C)c1nsc(N2CCC(CN)CC2)n1. The van der Waals surface area contributed by atoms with E-state index in [2.05, 4.69) is 35.0 Å². The van der Waals surface area contributed by atoms with Crippen LogP contribution in [0.5, 0.6) is 0 Å². The zero-order valence-electron chi connectivity index (χ0n) is 10.9. The van der Waals surface area contributed by atoms with Crippen LogP contribution in [0.4, 0.5) is 5.13 Å². The maximum Gasteiger partial charge on any atom is 0.205 e. The molecule has 0 saturated carbocycles. The second kappa shape index (κ2) is 4.90. The molecular formula is C12H22N4S. The monoisotopic (exact) mass is 254 g/mol. The van der Waals surface area contributed by atoms with Gasteiger partial charge in [-0.1, -0.05) is 20.8 Å². The molecule has 0 unspecified atom stereocenters. The van der Waals surface area contributed by atoms with Gasteiger partial charge in [-0.15, -0.1) is 0 Å². The van der Waals surface area contributed by atoms with Crippen LogP contribution in [-0.2, 0) is 5.41 Å². The van der Waals surface area contributed by atoms with Crippen molar-refractivity contribution in [3.63, 3.8) is 0 Å². The van der Waals surface area contributed by atoms with Crippen molar-refractivity contribution in [1.82, 2.24) is 9.36 Å². The van der Waals surface area contributed by atoms with E-state index in [1.807, 2.05) is 0 Å². The third-order valence-electron chi connectivity index (χ3n) is 3.30. The van der Waals surface area contributed by atoms with Crippen molar-refractivity contribution in [2.75, 3.05) is 24.5 Å². The van der Waals surface area contributed by atoms with Crippen LogP contribution in [0.1, 0.15) is 39.4 Å². The van der Waals surface area contributed by atoms with E-state index in [4.69, 9.17) is 5.73 Å². The molecule has 0 radical (unpaired) electrons. The van der Waals surface area contributed by atoms with Crippen LogP contribution >= 0.6 is 11.5 Å². The molecule has 2 heterocycles. The lowest BCUT2D eigenvalue weighted by atomic mass is 9.96. The van der Waals surface area contributed by atoms with Crippen molar-refractivity contribution < 1.29 is 0 Å². The van der Waals surface area contributed by atoms with Gasteiger partial charge in [0.15, 0.2) is 0 Å². The molecule has 1 saturated heterocycles. The molecule has 1 fully saturated rings. The van der Waals surface area contributed by atoms with Crippen LogP contribution in [-0.4, -0.2) is 29.0 Å². The minimum Gasteiger partial charge on any atom is -0.347 e. The Hall–Kier alpha value is -0.680. The van der Waals surface area contributed by atoms with Gasteiger partial charge < -0.3 is 10.6 Å². The van der Waals surface area contributed by atoms with Crippen LogP contribution in [0, 0.1) is 5.92 Å². The number of nitrogens with zero attached hydrogens (tertiary/aromatic N) is 3. The van der Waals surface area contributed by atoms with Crippen molar-refractivity contribution in [3.8, 4) is 0 Å². The molecule has 1 aliphatic heterocycles. The summed E-state index contributed by atoms with van der Waals surface area (Å²) in [6.45, 7) is 9.41. The van der Waals surface area contributed by atoms with Crippen LogP contribution in [0.2, 0.25) is 0 Å². The first-order valence-electron chi connectivity index (χ1n) is 6.30. The molecule has 0 aliphatic carbocycles. The third-order valence-corrected chi connectivity index (χ3v) is 4.08. The largest absolute Gasteiger partial charge is 0.347 e. The summed E-state index contributed by atoms with van der Waals surface area (Å²) in [4.78, 5) is 7.00. The van der Waals surface area contributed by atoms with Crippen LogP contribution in [0.25, 0.3) is 0 Å². The lowest BCUT2D eigenvalue weighted by molar-refractivity contribution is 0.414. The summed E-state index contributed by atoms with van der Waals surface area (Å²) >= 11 is 1.53. The molecule has 1 aromatic heterocycles. The average molecular weight is 254 g/mol. The number of hydrogen-bond acceptors (Lipinski definition) is 5. The Balaban J connectivity index is 2.02. The van der Waals surface area contributed by atoms with Crippen LogP contribution in [0.3, 0.4) is 0 Å². The zero-order valence-corrected chi connectivity index (χ0v) is 11.8. The molecule has 2 rings (SSSR count).